The second kappa shape index (κ2) is 8.41. The summed E-state index contributed by atoms with van der Waals surface area (Å²) >= 11 is 1.62. The number of benzene rings is 1. The zero-order chi connectivity index (χ0) is 15.5. The van der Waals surface area contributed by atoms with E-state index in [0.29, 0.717) is 29.7 Å². The number of hydrogen-bond donors (Lipinski definition) is 2. The molecule has 3 N–H and O–H groups in total. The van der Waals surface area contributed by atoms with Crippen molar-refractivity contribution in [2.24, 2.45) is 17.6 Å². The van der Waals surface area contributed by atoms with E-state index in [4.69, 9.17) is 5.73 Å². The van der Waals surface area contributed by atoms with Crippen LogP contribution in [0.2, 0.25) is 0 Å². The molecule has 128 valence electrons. The molecule has 0 radical (unpaired) electrons. The Bertz CT molecular complexity index is 508. The van der Waals surface area contributed by atoms with E-state index in [-0.39, 0.29) is 18.3 Å². The summed E-state index contributed by atoms with van der Waals surface area (Å²) in [6, 6.07) is 9.05. The Kier molecular flexibility index (Phi) is 6.81. The highest BCUT2D eigenvalue weighted by Crippen LogP contribution is 2.39. The van der Waals surface area contributed by atoms with Crippen molar-refractivity contribution in [3.63, 3.8) is 0 Å². The van der Waals surface area contributed by atoms with Crippen molar-refractivity contribution < 1.29 is 4.79 Å². The van der Waals surface area contributed by atoms with Gasteiger partial charge in [-0.1, -0.05) is 24.1 Å². The number of fused-ring (bicyclic) bond motifs is 2. The fourth-order valence-corrected chi connectivity index (χ4v) is 4.75. The van der Waals surface area contributed by atoms with Crippen molar-refractivity contribution in [2.75, 3.05) is 5.75 Å². The van der Waals surface area contributed by atoms with Crippen LogP contribution in [-0.2, 0) is 4.79 Å². The van der Waals surface area contributed by atoms with E-state index < -0.39 is 0 Å². The third-order valence-electron chi connectivity index (χ3n) is 5.10. The Hall–Kier alpha value is -0.710. The number of halogens is 1. The molecule has 3 rings (SSSR count). The maximum atomic E-state index is 12.3. The Morgan fingerprint density at radius 2 is 1.83 bits per heavy atom. The van der Waals surface area contributed by atoms with Gasteiger partial charge in [-0.25, -0.2) is 0 Å². The van der Waals surface area contributed by atoms with Gasteiger partial charge in [0.05, 0.1) is 5.75 Å². The second-order valence-electron chi connectivity index (χ2n) is 6.88. The van der Waals surface area contributed by atoms with E-state index in [1.807, 2.05) is 0 Å². The van der Waals surface area contributed by atoms with E-state index in [1.165, 1.54) is 24.8 Å². The van der Waals surface area contributed by atoms with Crippen LogP contribution in [-0.4, -0.2) is 23.7 Å². The van der Waals surface area contributed by atoms with Crippen LogP contribution in [0.25, 0.3) is 0 Å². The van der Waals surface area contributed by atoms with Crippen LogP contribution in [0.3, 0.4) is 0 Å². The molecule has 2 unspecified atom stereocenters. The summed E-state index contributed by atoms with van der Waals surface area (Å²) < 4.78 is 0. The predicted octanol–water partition coefficient (Wildman–Crippen LogP) is 3.53. The number of carbonyl (C=O) groups excluding carboxylic acids is 1. The van der Waals surface area contributed by atoms with Gasteiger partial charge in [0.25, 0.3) is 0 Å². The van der Waals surface area contributed by atoms with Crippen molar-refractivity contribution in [3.8, 4) is 0 Å². The van der Waals surface area contributed by atoms with Crippen LogP contribution in [0.4, 0.5) is 0 Å². The number of amides is 1. The zero-order valence-corrected chi connectivity index (χ0v) is 15.3. The minimum Gasteiger partial charge on any atom is -0.352 e. The Morgan fingerprint density at radius 3 is 2.43 bits per heavy atom. The maximum Gasteiger partial charge on any atom is 0.230 e. The van der Waals surface area contributed by atoms with E-state index in [9.17, 15) is 4.79 Å². The first-order valence-corrected chi connectivity index (χ1v) is 9.35. The number of rotatable bonds is 4. The van der Waals surface area contributed by atoms with Gasteiger partial charge in [-0.05, 0) is 56.6 Å². The van der Waals surface area contributed by atoms with E-state index in [0.717, 1.165) is 17.7 Å². The number of hydrogen-bond acceptors (Lipinski definition) is 3. The lowest BCUT2D eigenvalue weighted by atomic mass is 9.67. The molecule has 5 heteroatoms. The lowest BCUT2D eigenvalue weighted by molar-refractivity contribution is -0.120. The highest BCUT2D eigenvalue weighted by atomic mass is 35.5. The average Bonchev–Trinajstić information content (AvgIpc) is 2.48. The summed E-state index contributed by atoms with van der Waals surface area (Å²) in [5.74, 6) is 1.86. The molecule has 2 atom stereocenters. The Balaban J connectivity index is 0.00000192. The number of aryl methyl sites for hydroxylation is 1. The standard InChI is InChI=1S/C18H26N2OS.ClH/c1-12-5-7-16(8-6-12)22-11-17(21)20-18-13-3-2-4-14(18)10-15(19)9-13;/h5-8,13-15,18H,2-4,9-11,19H2,1H3,(H,20,21);1H. The number of thioether (sulfide) groups is 1. The average molecular weight is 355 g/mol. The lowest BCUT2D eigenvalue weighted by Crippen LogP contribution is -2.54. The molecular weight excluding hydrogens is 328 g/mol. The number of nitrogens with one attached hydrogen (secondary N) is 1. The molecule has 0 saturated heterocycles. The first-order valence-electron chi connectivity index (χ1n) is 8.36. The zero-order valence-electron chi connectivity index (χ0n) is 13.7. The van der Waals surface area contributed by atoms with Gasteiger partial charge in [-0.2, -0.15) is 0 Å². The topological polar surface area (TPSA) is 55.1 Å². The summed E-state index contributed by atoms with van der Waals surface area (Å²) in [6.07, 6.45) is 5.89. The molecule has 0 spiro atoms. The van der Waals surface area contributed by atoms with Crippen LogP contribution in [0.15, 0.2) is 29.2 Å². The molecule has 1 aromatic rings. The minimum absolute atomic E-state index is 0. The van der Waals surface area contributed by atoms with Crippen molar-refractivity contribution in [1.82, 2.24) is 5.32 Å². The fraction of sp³-hybridized carbons (Fsp3) is 0.611. The summed E-state index contributed by atoms with van der Waals surface area (Å²) in [4.78, 5) is 13.5. The molecule has 2 saturated carbocycles. The molecule has 1 aromatic carbocycles. The Labute approximate surface area is 149 Å². The minimum atomic E-state index is 0. The SMILES string of the molecule is Cc1ccc(SCC(=O)NC2C3CCCC2CC(N)C3)cc1.Cl. The van der Waals surface area contributed by atoms with Gasteiger partial charge in [0.2, 0.25) is 5.91 Å². The van der Waals surface area contributed by atoms with Crippen LogP contribution in [0, 0.1) is 18.8 Å². The molecule has 2 aliphatic rings. The molecule has 0 aliphatic heterocycles. The van der Waals surface area contributed by atoms with Crippen LogP contribution in [0.5, 0.6) is 0 Å². The van der Waals surface area contributed by atoms with Crippen molar-refractivity contribution in [1.29, 1.82) is 0 Å². The van der Waals surface area contributed by atoms with E-state index >= 15 is 0 Å². The fourth-order valence-electron chi connectivity index (χ4n) is 4.04. The van der Waals surface area contributed by atoms with E-state index in [1.54, 1.807) is 11.8 Å². The lowest BCUT2D eigenvalue weighted by Gasteiger charge is -2.45. The molecule has 0 aromatic heterocycles. The highest BCUT2D eigenvalue weighted by molar-refractivity contribution is 8.00. The van der Waals surface area contributed by atoms with Crippen LogP contribution >= 0.6 is 24.2 Å². The summed E-state index contributed by atoms with van der Waals surface area (Å²) in [5, 5.41) is 3.31. The monoisotopic (exact) mass is 354 g/mol. The smallest absolute Gasteiger partial charge is 0.230 e. The molecule has 2 fully saturated rings. The predicted molar refractivity (Wildman–Crippen MR) is 99.1 cm³/mol. The van der Waals surface area contributed by atoms with Gasteiger partial charge >= 0.3 is 0 Å². The van der Waals surface area contributed by atoms with Gasteiger partial charge in [-0.15, -0.1) is 24.2 Å². The third-order valence-corrected chi connectivity index (χ3v) is 6.11. The summed E-state index contributed by atoms with van der Waals surface area (Å²) in [6.45, 7) is 2.08. The second-order valence-corrected chi connectivity index (χ2v) is 7.93. The van der Waals surface area contributed by atoms with Gasteiger partial charge in [0, 0.05) is 17.0 Å². The Morgan fingerprint density at radius 1 is 1.22 bits per heavy atom. The largest absolute Gasteiger partial charge is 0.352 e. The van der Waals surface area contributed by atoms with Crippen molar-refractivity contribution in [3.05, 3.63) is 29.8 Å². The highest BCUT2D eigenvalue weighted by Gasteiger charge is 2.39. The molecular formula is C18H27ClN2OS. The first kappa shape index (κ1) is 18.6. The van der Waals surface area contributed by atoms with Crippen LogP contribution in [0.1, 0.15) is 37.7 Å². The molecule has 3 nitrogen and oxygen atoms in total. The van der Waals surface area contributed by atoms with Gasteiger partial charge in [-0.3, -0.25) is 4.79 Å². The number of carbonyl (C=O) groups is 1. The summed E-state index contributed by atoms with van der Waals surface area (Å²) in [5.41, 5.74) is 7.40. The maximum absolute atomic E-state index is 12.3. The molecule has 23 heavy (non-hydrogen) atoms. The van der Waals surface area contributed by atoms with Crippen molar-refractivity contribution >= 4 is 30.1 Å². The molecule has 1 amide bonds. The molecule has 0 heterocycles. The van der Waals surface area contributed by atoms with Crippen LogP contribution < -0.4 is 11.1 Å². The molecule has 2 bridgehead atoms. The van der Waals surface area contributed by atoms with Gasteiger partial charge in [0.15, 0.2) is 0 Å². The normalized spacial score (nSPS) is 29.5. The first-order chi connectivity index (χ1) is 10.6. The van der Waals surface area contributed by atoms with Crippen molar-refractivity contribution in [2.45, 2.75) is 56.0 Å². The summed E-state index contributed by atoms with van der Waals surface area (Å²) in [7, 11) is 0. The quantitative estimate of drug-likeness (QED) is 0.813. The van der Waals surface area contributed by atoms with Gasteiger partial charge < -0.3 is 11.1 Å². The molecule has 2 aliphatic carbocycles. The van der Waals surface area contributed by atoms with Gasteiger partial charge in [0.1, 0.15) is 0 Å². The van der Waals surface area contributed by atoms with E-state index in [2.05, 4.69) is 36.5 Å². The third kappa shape index (κ3) is 4.88. The number of nitrogens with two attached hydrogens (primary N) is 1.